The lowest BCUT2D eigenvalue weighted by molar-refractivity contribution is 0.0948. The summed E-state index contributed by atoms with van der Waals surface area (Å²) < 4.78 is 11.0. The molecule has 0 aliphatic carbocycles. The van der Waals surface area contributed by atoms with Gasteiger partial charge in [-0.25, -0.2) is 0 Å². The van der Waals surface area contributed by atoms with Crippen LogP contribution in [0.3, 0.4) is 0 Å². The number of rotatable bonds is 7. The van der Waals surface area contributed by atoms with Crippen molar-refractivity contribution in [1.29, 1.82) is 0 Å². The van der Waals surface area contributed by atoms with Gasteiger partial charge in [0, 0.05) is 36.3 Å². The van der Waals surface area contributed by atoms with Crippen LogP contribution in [0, 0.1) is 0 Å². The molecule has 2 aromatic heterocycles. The highest BCUT2D eigenvalue weighted by atomic mass is 16.5. The van der Waals surface area contributed by atoms with Gasteiger partial charge in [0.05, 0.1) is 30.4 Å². The minimum absolute atomic E-state index is 0.0242. The lowest BCUT2D eigenvalue weighted by Gasteiger charge is -2.33. The lowest BCUT2D eigenvalue weighted by Crippen LogP contribution is -2.43. The van der Waals surface area contributed by atoms with E-state index < -0.39 is 6.10 Å². The maximum atomic E-state index is 12.7. The van der Waals surface area contributed by atoms with E-state index in [0.29, 0.717) is 35.7 Å². The van der Waals surface area contributed by atoms with Gasteiger partial charge in [0.25, 0.3) is 0 Å². The Labute approximate surface area is 198 Å². The monoisotopic (exact) mass is 459 g/mol. The number of fused-ring (bicyclic) bond motifs is 2. The molecule has 1 aliphatic rings. The number of aliphatic hydroxyl groups is 1. The van der Waals surface area contributed by atoms with Gasteiger partial charge in [-0.3, -0.25) is 9.78 Å². The molecule has 34 heavy (non-hydrogen) atoms. The number of aromatic nitrogens is 1. The quantitative estimate of drug-likeness (QED) is 0.436. The minimum Gasteiger partial charge on any atom is -0.497 e. The summed E-state index contributed by atoms with van der Waals surface area (Å²) in [5.41, 5.74) is 3.00. The molecule has 2 aromatic carbocycles. The fourth-order valence-corrected chi connectivity index (χ4v) is 4.72. The summed E-state index contributed by atoms with van der Waals surface area (Å²) >= 11 is 0. The van der Waals surface area contributed by atoms with Gasteiger partial charge < -0.3 is 24.5 Å². The Morgan fingerprint density at radius 3 is 2.82 bits per heavy atom. The van der Waals surface area contributed by atoms with E-state index in [4.69, 9.17) is 9.15 Å². The summed E-state index contributed by atoms with van der Waals surface area (Å²) in [4.78, 5) is 19.4. The predicted molar refractivity (Wildman–Crippen MR) is 132 cm³/mol. The largest absolute Gasteiger partial charge is 0.497 e. The highest BCUT2D eigenvalue weighted by Crippen LogP contribution is 2.27. The van der Waals surface area contributed by atoms with Gasteiger partial charge in [0.15, 0.2) is 5.43 Å². The van der Waals surface area contributed by atoms with Gasteiger partial charge in [0.1, 0.15) is 11.3 Å². The third kappa shape index (κ3) is 4.68. The number of methoxy groups -OCH3 is 1. The molecule has 1 atom stereocenters. The van der Waals surface area contributed by atoms with E-state index in [9.17, 15) is 9.90 Å². The van der Waals surface area contributed by atoms with E-state index in [1.165, 1.54) is 0 Å². The molecule has 0 saturated carbocycles. The highest BCUT2D eigenvalue weighted by Gasteiger charge is 2.23. The van der Waals surface area contributed by atoms with Crippen LogP contribution in [0.5, 0.6) is 5.75 Å². The van der Waals surface area contributed by atoms with Crippen LogP contribution in [0.25, 0.3) is 21.9 Å². The second-order valence-electron chi connectivity index (χ2n) is 8.84. The molecule has 2 N–H and O–H groups in total. The molecule has 7 heteroatoms. The van der Waals surface area contributed by atoms with Crippen molar-refractivity contribution >= 4 is 21.9 Å². The number of piperidine rings is 1. The first-order valence-electron chi connectivity index (χ1n) is 11.7. The Morgan fingerprint density at radius 2 is 2.00 bits per heavy atom. The van der Waals surface area contributed by atoms with E-state index in [1.807, 2.05) is 42.5 Å². The summed E-state index contributed by atoms with van der Waals surface area (Å²) in [6.45, 7) is 2.82. The number of β-amino-alcohol motifs (C(OH)–C–C–N with tert-alkyl or cyclic N) is 1. The molecule has 0 spiro atoms. The van der Waals surface area contributed by atoms with E-state index in [-0.39, 0.29) is 5.43 Å². The zero-order chi connectivity index (χ0) is 23.5. The van der Waals surface area contributed by atoms with Gasteiger partial charge in [-0.1, -0.05) is 12.1 Å². The van der Waals surface area contributed by atoms with E-state index >= 15 is 0 Å². The van der Waals surface area contributed by atoms with Gasteiger partial charge >= 0.3 is 0 Å². The van der Waals surface area contributed by atoms with Crippen LogP contribution in [0.15, 0.2) is 70.2 Å². The van der Waals surface area contributed by atoms with Crippen molar-refractivity contribution in [2.75, 3.05) is 26.7 Å². The van der Waals surface area contributed by atoms with E-state index in [2.05, 4.69) is 15.2 Å². The maximum absolute atomic E-state index is 12.7. The van der Waals surface area contributed by atoms with Crippen molar-refractivity contribution in [3.05, 3.63) is 82.3 Å². The SMILES string of the molecule is COc1ccc2nccc(C(O)CN3CCC(NCc4coc5ccccc5c4=O)CC3)c2c1. The summed E-state index contributed by atoms with van der Waals surface area (Å²) in [7, 11) is 1.64. The number of para-hydroxylation sites is 1. The second kappa shape index (κ2) is 9.93. The molecule has 4 aromatic rings. The number of likely N-dealkylation sites (tertiary alicyclic amines) is 1. The fraction of sp³-hybridized carbons (Fsp3) is 0.333. The van der Waals surface area contributed by atoms with Crippen LogP contribution in [0.4, 0.5) is 0 Å². The van der Waals surface area contributed by atoms with Crippen molar-refractivity contribution < 1.29 is 14.3 Å². The van der Waals surface area contributed by atoms with Crippen LogP contribution in [0.1, 0.15) is 30.1 Å². The first-order valence-corrected chi connectivity index (χ1v) is 11.7. The lowest BCUT2D eigenvalue weighted by atomic mass is 10.0. The number of aliphatic hydroxyl groups excluding tert-OH is 1. The maximum Gasteiger partial charge on any atom is 0.197 e. The Morgan fingerprint density at radius 1 is 1.18 bits per heavy atom. The zero-order valence-corrected chi connectivity index (χ0v) is 19.2. The average molecular weight is 460 g/mol. The Kier molecular flexibility index (Phi) is 6.58. The molecule has 1 saturated heterocycles. The zero-order valence-electron chi connectivity index (χ0n) is 19.2. The summed E-state index contributed by atoms with van der Waals surface area (Å²) in [5, 5.41) is 16.0. The average Bonchev–Trinajstić information content (AvgIpc) is 2.88. The molecule has 1 aliphatic heterocycles. The van der Waals surface area contributed by atoms with E-state index in [0.717, 1.165) is 48.1 Å². The van der Waals surface area contributed by atoms with Gasteiger partial charge in [-0.2, -0.15) is 0 Å². The first kappa shape index (κ1) is 22.5. The number of ether oxygens (including phenoxy) is 1. The normalized spacial score (nSPS) is 16.2. The van der Waals surface area contributed by atoms with Gasteiger partial charge in [0.2, 0.25) is 0 Å². The number of hydrogen-bond acceptors (Lipinski definition) is 7. The van der Waals surface area contributed by atoms with Crippen molar-refractivity contribution in [3.63, 3.8) is 0 Å². The molecule has 1 fully saturated rings. The Hall–Kier alpha value is -3.26. The summed E-state index contributed by atoms with van der Waals surface area (Å²) in [6, 6.07) is 15.3. The molecule has 0 amide bonds. The second-order valence-corrected chi connectivity index (χ2v) is 8.84. The third-order valence-electron chi connectivity index (χ3n) is 6.69. The molecule has 1 unspecified atom stereocenters. The van der Waals surface area contributed by atoms with Crippen LogP contribution in [-0.4, -0.2) is 47.8 Å². The van der Waals surface area contributed by atoms with E-state index in [1.54, 1.807) is 25.6 Å². The topological polar surface area (TPSA) is 87.8 Å². The minimum atomic E-state index is -0.607. The summed E-state index contributed by atoms with van der Waals surface area (Å²) in [6.07, 6.45) is 4.61. The van der Waals surface area contributed by atoms with Crippen molar-refractivity contribution in [2.24, 2.45) is 0 Å². The Bertz CT molecular complexity index is 1340. The number of pyridine rings is 1. The third-order valence-corrected chi connectivity index (χ3v) is 6.69. The molecule has 3 heterocycles. The predicted octanol–water partition coefficient (Wildman–Crippen LogP) is 3.64. The van der Waals surface area contributed by atoms with Crippen molar-refractivity contribution in [3.8, 4) is 5.75 Å². The first-order chi connectivity index (χ1) is 16.6. The fourth-order valence-electron chi connectivity index (χ4n) is 4.72. The molecule has 0 bridgehead atoms. The van der Waals surface area contributed by atoms with Gasteiger partial charge in [-0.05, 0) is 67.9 Å². The van der Waals surface area contributed by atoms with Crippen LogP contribution < -0.4 is 15.5 Å². The smallest absolute Gasteiger partial charge is 0.197 e. The molecule has 7 nitrogen and oxygen atoms in total. The molecular weight excluding hydrogens is 430 g/mol. The Balaban J connectivity index is 1.17. The molecule has 176 valence electrons. The highest BCUT2D eigenvalue weighted by molar-refractivity contribution is 5.83. The van der Waals surface area contributed by atoms with Crippen molar-refractivity contribution in [2.45, 2.75) is 31.5 Å². The number of nitrogens with one attached hydrogen (secondary N) is 1. The van der Waals surface area contributed by atoms with Crippen molar-refractivity contribution in [1.82, 2.24) is 15.2 Å². The number of hydrogen-bond donors (Lipinski definition) is 2. The molecular formula is C27H29N3O4. The molecule has 5 rings (SSSR count). The summed E-state index contributed by atoms with van der Waals surface area (Å²) in [5.74, 6) is 0.751. The van der Waals surface area contributed by atoms with Crippen LogP contribution in [-0.2, 0) is 6.54 Å². The van der Waals surface area contributed by atoms with Crippen LogP contribution in [0.2, 0.25) is 0 Å². The standard InChI is InChI=1S/C27H29N3O4/c1-33-20-6-7-24-23(14-20)21(8-11-28-24)25(31)16-30-12-9-19(10-13-30)29-15-18-17-34-26-5-3-2-4-22(26)27(18)32/h2-8,11,14,17,19,25,29,31H,9-10,12-13,15-16H2,1H3. The molecule has 0 radical (unpaired) electrons. The van der Waals surface area contributed by atoms with Gasteiger partial charge in [-0.15, -0.1) is 0 Å². The van der Waals surface area contributed by atoms with Crippen LogP contribution >= 0.6 is 0 Å². The number of benzene rings is 2. The number of nitrogens with zero attached hydrogens (tertiary/aromatic N) is 2.